The number of ketones is 1. The number of nitrogens with one attached hydrogen (secondary N) is 4. The van der Waals surface area contributed by atoms with Gasteiger partial charge < -0.3 is 97.5 Å². The minimum atomic E-state index is -1.91. The summed E-state index contributed by atoms with van der Waals surface area (Å²) in [5.74, 6) is -3.94. The number of methoxy groups -OCH3 is 3. The molecule has 1 unspecified atom stereocenters. The third-order valence-corrected chi connectivity index (χ3v) is 22.5. The zero-order chi connectivity index (χ0) is 85.8. The van der Waals surface area contributed by atoms with E-state index in [1.807, 2.05) is 32.1 Å². The molecule has 36 heteroatoms. The molecular weight excluding hydrogens is 1570 g/mol. The molecule has 117 heavy (non-hydrogen) atoms. The highest BCUT2D eigenvalue weighted by Crippen LogP contribution is 2.49. The number of amides is 10. The van der Waals surface area contributed by atoms with Crippen molar-refractivity contribution in [3.8, 4) is 5.75 Å². The van der Waals surface area contributed by atoms with Gasteiger partial charge in [0, 0.05) is 143 Å². The van der Waals surface area contributed by atoms with E-state index in [1.165, 1.54) is 67.0 Å². The zero-order valence-corrected chi connectivity index (χ0v) is 71.3. The number of epoxide rings is 1. The summed E-state index contributed by atoms with van der Waals surface area (Å²) in [7, 11) is 10.5. The molecule has 1 aromatic rings. The van der Waals surface area contributed by atoms with Gasteiger partial charge in [-0.2, -0.15) is 0 Å². The van der Waals surface area contributed by atoms with Crippen LogP contribution < -0.4 is 30.9 Å². The van der Waals surface area contributed by atoms with Crippen molar-refractivity contribution < 1.29 is 119 Å². The number of imide groups is 1. The van der Waals surface area contributed by atoms with Gasteiger partial charge in [0.15, 0.2) is 11.5 Å². The number of alkyl carbamates (subject to hydrolysis) is 1. The molecule has 0 spiro atoms. The van der Waals surface area contributed by atoms with E-state index in [0.717, 1.165) is 27.8 Å². The Kier molecular flexibility index (Phi) is 41.3. The first-order valence-electron chi connectivity index (χ1n) is 39.9. The van der Waals surface area contributed by atoms with Gasteiger partial charge in [-0.05, 0) is 102 Å². The second-order valence-corrected chi connectivity index (χ2v) is 31.5. The lowest BCUT2D eigenvalue weighted by Crippen LogP contribution is -2.63. The van der Waals surface area contributed by atoms with Crippen molar-refractivity contribution in [3.63, 3.8) is 0 Å². The third-order valence-electron chi connectivity index (χ3n) is 21.1. The quantitative estimate of drug-likeness (QED) is 0.0126. The standard InChI is InChI=1S/C81H122ClN9O25S/c1-54-19-17-23-64(107-12)81(104)53-63(114-76(101)86-81)55(2)73-80(5,116-73)65(52-71(98)90(9)60-50-57(49-54)51-62(106-11)72(60)82)115-74(99)56(3)89(8)68(95)29-48-117-78(103)88(7)36-35-87(6)77(102)113-58-20-13-15-30-79(4,31-26-58)75(100)84-32-16-14-21-59(61(92)22-18-37-108-41-40-105-10)85-67(94)28-38-109-42-44-111-46-47-112-45-43-110-39-33-83-66(93)27-34-91-69(96)24-25-70(91)97/h13,17,19-20,23-25,50-51,55-56,58-59,63-65,73,104H,14-16,18,21-22,26-49,52-53H2,1-12H3,(H,83,93)(H,84,100)(H,85,94)(H,86,101)/b20-13+,23-17+,54-19+/t55-,56+,58+,59?,63+,64-,65+,73+,79-,80+,81+/m1/s1. The van der Waals surface area contributed by atoms with Crippen LogP contribution >= 0.6 is 23.4 Å². The fourth-order valence-corrected chi connectivity index (χ4v) is 14.5. The van der Waals surface area contributed by atoms with Gasteiger partial charge >= 0.3 is 18.2 Å². The molecule has 2 saturated heterocycles. The Morgan fingerprint density at radius 2 is 1.44 bits per heavy atom. The number of hydrogen-bond acceptors (Lipinski definition) is 26. The van der Waals surface area contributed by atoms with Gasteiger partial charge in [0.05, 0.1) is 97.4 Å². The van der Waals surface area contributed by atoms with Crippen molar-refractivity contribution in [1.82, 2.24) is 40.9 Å². The number of carbonyl (C=O) groups is 12. The van der Waals surface area contributed by atoms with Gasteiger partial charge in [-0.3, -0.25) is 53.4 Å². The van der Waals surface area contributed by atoms with Gasteiger partial charge in [-0.15, -0.1) is 0 Å². The summed E-state index contributed by atoms with van der Waals surface area (Å²) in [6, 6.07) is 1.57. The molecule has 4 heterocycles. The van der Waals surface area contributed by atoms with Gasteiger partial charge in [0.1, 0.15) is 46.8 Å². The minimum Gasteiger partial charge on any atom is -0.495 e. The van der Waals surface area contributed by atoms with Crippen LogP contribution in [-0.2, 0) is 102 Å². The van der Waals surface area contributed by atoms with Crippen molar-refractivity contribution in [3.05, 3.63) is 70.8 Å². The second kappa shape index (κ2) is 49.5. The number of carbonyl (C=O) groups excluding carboxylic acids is 12. The fourth-order valence-electron chi connectivity index (χ4n) is 13.5. The normalized spacial score (nSPS) is 24.2. The first-order chi connectivity index (χ1) is 55.8. The summed E-state index contributed by atoms with van der Waals surface area (Å²) in [6.07, 6.45) is 8.72. The number of benzene rings is 1. The van der Waals surface area contributed by atoms with Crippen LogP contribution in [0.5, 0.6) is 5.75 Å². The number of aliphatic hydroxyl groups is 1. The van der Waals surface area contributed by atoms with E-state index in [9.17, 15) is 62.6 Å². The van der Waals surface area contributed by atoms with Crippen molar-refractivity contribution in [2.45, 2.75) is 185 Å². The summed E-state index contributed by atoms with van der Waals surface area (Å²) in [5, 5.41) is 22.9. The lowest BCUT2D eigenvalue weighted by Gasteiger charge is -2.42. The molecule has 10 amide bonds. The Morgan fingerprint density at radius 1 is 0.778 bits per heavy atom. The van der Waals surface area contributed by atoms with Crippen LogP contribution in [0.1, 0.15) is 130 Å². The Labute approximate surface area is 695 Å². The average Bonchev–Trinajstić information content (AvgIpc) is 1.57. The maximum absolute atomic E-state index is 14.5. The van der Waals surface area contributed by atoms with Gasteiger partial charge in [0.25, 0.3) is 17.1 Å². The number of Topliss-reactive ketones (excluding diaryl/α,β-unsaturated/α-hetero) is 1. The highest BCUT2D eigenvalue weighted by molar-refractivity contribution is 8.13. The highest BCUT2D eigenvalue weighted by Gasteiger charge is 2.65. The van der Waals surface area contributed by atoms with Crippen LogP contribution in [0.4, 0.5) is 20.1 Å². The molecule has 654 valence electrons. The third kappa shape index (κ3) is 31.5. The highest BCUT2D eigenvalue weighted by atomic mass is 35.5. The molecule has 4 aliphatic heterocycles. The smallest absolute Gasteiger partial charge is 0.410 e. The summed E-state index contributed by atoms with van der Waals surface area (Å²) in [5.41, 5.74) is -2.09. The lowest BCUT2D eigenvalue weighted by atomic mass is 9.78. The van der Waals surface area contributed by atoms with Crippen molar-refractivity contribution >= 4 is 99.6 Å². The van der Waals surface area contributed by atoms with Gasteiger partial charge in [-0.25, -0.2) is 14.4 Å². The van der Waals surface area contributed by atoms with Crippen LogP contribution in [0.3, 0.4) is 0 Å². The Bertz CT molecular complexity index is 3630. The largest absolute Gasteiger partial charge is 0.495 e. The lowest BCUT2D eigenvalue weighted by molar-refractivity contribution is -0.162. The summed E-state index contributed by atoms with van der Waals surface area (Å²) in [6.45, 7) is 12.7. The van der Waals surface area contributed by atoms with Crippen LogP contribution in [0, 0.1) is 11.3 Å². The van der Waals surface area contributed by atoms with E-state index < -0.39 is 113 Å². The number of allylic oxidation sites excluding steroid dienone is 4. The van der Waals surface area contributed by atoms with E-state index in [1.54, 1.807) is 59.3 Å². The molecule has 2 fully saturated rings. The first kappa shape index (κ1) is 97.7. The van der Waals surface area contributed by atoms with Crippen molar-refractivity contribution in [2.24, 2.45) is 11.3 Å². The molecule has 6 rings (SSSR count). The Balaban J connectivity index is 0.882. The van der Waals surface area contributed by atoms with E-state index in [-0.39, 0.29) is 124 Å². The SMILES string of the molecule is COCCOCCCC(=O)C(CCCCNC(=O)[C@]1(C)CC/C=C/[C@H](OC(=O)N(C)CCN(C)C(=O)SCCC(=O)N(C)[C@@H](C)C(=O)O[C@H]2CC(=O)N(C)c3cc(cc(OC)c3Cl)C/C(C)=C/C=C/[C@@H](OC)[C@@]3(O)C[C@H](OC(=O)N3)[C@@H](C)[C@@H]3O[C@@]23C)CC1)NC(=O)CCOCCOCCOCCOCCNC(=O)CCN1C(=O)C=CC1=O. The van der Waals surface area contributed by atoms with E-state index >= 15 is 0 Å². The van der Waals surface area contributed by atoms with E-state index in [2.05, 4.69) is 21.3 Å². The number of esters is 1. The average molecular weight is 1690 g/mol. The van der Waals surface area contributed by atoms with Gasteiger partial charge in [-0.1, -0.05) is 67.1 Å². The molecule has 5 aliphatic rings. The van der Waals surface area contributed by atoms with Crippen LogP contribution in [0.25, 0.3) is 0 Å². The Hall–Kier alpha value is -8.10. The summed E-state index contributed by atoms with van der Waals surface area (Å²) >= 11 is 7.74. The van der Waals surface area contributed by atoms with Crippen LogP contribution in [0.15, 0.2) is 60.2 Å². The molecular formula is C81H122ClN9O25S. The zero-order valence-electron chi connectivity index (χ0n) is 69.7. The molecule has 5 N–H and O–H groups in total. The molecule has 34 nitrogen and oxygen atoms in total. The molecule has 0 saturated carbocycles. The van der Waals surface area contributed by atoms with Crippen LogP contribution in [0.2, 0.25) is 5.02 Å². The molecule has 0 radical (unpaired) electrons. The molecule has 1 aliphatic carbocycles. The number of nitrogens with zero attached hydrogens (tertiary/aromatic N) is 5. The van der Waals surface area contributed by atoms with Gasteiger partial charge in [0.2, 0.25) is 29.5 Å². The van der Waals surface area contributed by atoms with Crippen molar-refractivity contribution in [2.75, 3.05) is 166 Å². The van der Waals surface area contributed by atoms with Crippen LogP contribution in [-0.4, -0.2) is 310 Å². The first-order valence-corrected chi connectivity index (χ1v) is 41.2. The van der Waals surface area contributed by atoms with E-state index in [4.69, 9.17) is 68.4 Å². The van der Waals surface area contributed by atoms with Crippen molar-refractivity contribution in [1.29, 1.82) is 0 Å². The maximum atomic E-state index is 14.5. The fraction of sp³-hybridized carbons (Fsp3) is 0.679. The minimum absolute atomic E-state index is 0.00320. The number of hydrogen-bond donors (Lipinski definition) is 5. The second-order valence-electron chi connectivity index (χ2n) is 30.1. The number of rotatable bonds is 45. The van der Waals surface area contributed by atoms with E-state index in [0.29, 0.717) is 122 Å². The number of ether oxygens (including phenoxy) is 12. The number of unbranched alkanes of at least 4 members (excludes halogenated alkanes) is 1. The molecule has 4 bridgehead atoms. The summed E-state index contributed by atoms with van der Waals surface area (Å²) in [4.78, 5) is 164. The number of anilines is 1. The molecule has 0 aromatic heterocycles. The monoisotopic (exact) mass is 1690 g/mol. The predicted octanol–water partition coefficient (Wildman–Crippen LogP) is 5.93. The summed E-state index contributed by atoms with van der Waals surface area (Å²) < 4.78 is 68.2. The number of thioether (sulfide) groups is 1. The topological polar surface area (TPSA) is 403 Å². The maximum Gasteiger partial charge on any atom is 0.410 e. The molecule has 11 atom stereocenters. The number of halogens is 1. The number of likely N-dealkylation sites (N-methyl/N-ethyl adjacent to an activating group) is 3. The molecule has 1 aromatic carbocycles. The Morgan fingerprint density at radius 3 is 2.13 bits per heavy atom. The number of fused-ring (bicyclic) bond motifs is 5. The predicted molar refractivity (Wildman–Crippen MR) is 432 cm³/mol.